The highest BCUT2D eigenvalue weighted by Crippen LogP contribution is 2.29. The van der Waals surface area contributed by atoms with E-state index in [1.165, 1.54) is 51.4 Å². The number of hydrogen-bond donors (Lipinski definition) is 1. The molecule has 0 radical (unpaired) electrons. The van der Waals surface area contributed by atoms with Gasteiger partial charge in [-0.25, -0.2) is 0 Å². The second-order valence-corrected chi connectivity index (χ2v) is 7.22. The first kappa shape index (κ1) is 18.0. The molecule has 0 bridgehead atoms. The third kappa shape index (κ3) is 5.37. The molecule has 1 heterocycles. The van der Waals surface area contributed by atoms with Gasteiger partial charge < -0.3 is 5.11 Å². The fourth-order valence-corrected chi connectivity index (χ4v) is 3.44. The number of unbranched alkanes of at least 4 members (excludes halogenated alkanes) is 1. The maximum atomic E-state index is 10.8. The molecule has 2 unspecified atom stereocenters. The standard InChI is InChI=1S/C18H37NO/c1-5-7-12-16(6-2)15-17(20)18(3,4)19-13-10-8-9-11-14-19/h16-17,20H,5-15H2,1-4H3. The summed E-state index contributed by atoms with van der Waals surface area (Å²) in [5, 5.41) is 10.8. The average molecular weight is 284 g/mol. The number of aliphatic hydroxyl groups excluding tert-OH is 1. The van der Waals surface area contributed by atoms with Gasteiger partial charge in [0, 0.05) is 5.54 Å². The van der Waals surface area contributed by atoms with Gasteiger partial charge in [0.25, 0.3) is 0 Å². The number of likely N-dealkylation sites (tertiary alicyclic amines) is 1. The Balaban J connectivity index is 2.54. The van der Waals surface area contributed by atoms with Crippen molar-refractivity contribution in [3.05, 3.63) is 0 Å². The molecule has 1 N–H and O–H groups in total. The molecule has 0 spiro atoms. The third-order valence-electron chi connectivity index (χ3n) is 5.34. The van der Waals surface area contributed by atoms with E-state index >= 15 is 0 Å². The van der Waals surface area contributed by atoms with E-state index in [2.05, 4.69) is 32.6 Å². The summed E-state index contributed by atoms with van der Waals surface area (Å²) in [4.78, 5) is 2.54. The molecule has 120 valence electrons. The fourth-order valence-electron chi connectivity index (χ4n) is 3.44. The highest BCUT2D eigenvalue weighted by Gasteiger charge is 2.35. The van der Waals surface area contributed by atoms with Crippen molar-refractivity contribution < 1.29 is 5.11 Å². The van der Waals surface area contributed by atoms with E-state index in [9.17, 15) is 5.11 Å². The molecule has 0 aromatic heterocycles. The minimum atomic E-state index is -0.192. The predicted molar refractivity (Wildman–Crippen MR) is 88.0 cm³/mol. The Labute approximate surface area is 126 Å². The predicted octanol–water partition coefficient (Wildman–Crippen LogP) is 4.61. The van der Waals surface area contributed by atoms with E-state index in [0.717, 1.165) is 19.5 Å². The van der Waals surface area contributed by atoms with Crippen molar-refractivity contribution in [2.75, 3.05) is 13.1 Å². The maximum absolute atomic E-state index is 10.8. The summed E-state index contributed by atoms with van der Waals surface area (Å²) >= 11 is 0. The van der Waals surface area contributed by atoms with E-state index in [1.54, 1.807) is 0 Å². The minimum Gasteiger partial charge on any atom is -0.391 e. The van der Waals surface area contributed by atoms with Gasteiger partial charge in [-0.15, -0.1) is 0 Å². The van der Waals surface area contributed by atoms with Crippen molar-refractivity contribution >= 4 is 0 Å². The van der Waals surface area contributed by atoms with Crippen LogP contribution >= 0.6 is 0 Å². The lowest BCUT2D eigenvalue weighted by atomic mass is 9.84. The molecule has 0 aromatic carbocycles. The molecular weight excluding hydrogens is 246 g/mol. The molecule has 0 saturated carbocycles. The molecule has 0 amide bonds. The summed E-state index contributed by atoms with van der Waals surface area (Å²) in [5.41, 5.74) is -0.0655. The van der Waals surface area contributed by atoms with Crippen molar-refractivity contribution in [2.24, 2.45) is 5.92 Å². The van der Waals surface area contributed by atoms with Crippen molar-refractivity contribution in [3.63, 3.8) is 0 Å². The zero-order valence-electron chi connectivity index (χ0n) is 14.3. The van der Waals surface area contributed by atoms with Crippen LogP contribution in [-0.2, 0) is 0 Å². The lowest BCUT2D eigenvalue weighted by Gasteiger charge is -2.42. The van der Waals surface area contributed by atoms with Gasteiger partial charge in [-0.1, -0.05) is 52.4 Å². The Kier molecular flexibility index (Phi) is 8.13. The first-order valence-electron chi connectivity index (χ1n) is 8.95. The van der Waals surface area contributed by atoms with Crippen LogP contribution in [0.15, 0.2) is 0 Å². The molecule has 1 saturated heterocycles. The van der Waals surface area contributed by atoms with Crippen LogP contribution in [-0.4, -0.2) is 34.7 Å². The third-order valence-corrected chi connectivity index (χ3v) is 5.34. The summed E-state index contributed by atoms with van der Waals surface area (Å²) in [7, 11) is 0. The van der Waals surface area contributed by atoms with Gasteiger partial charge in [-0.2, -0.15) is 0 Å². The average Bonchev–Trinajstić information content (AvgIpc) is 2.72. The smallest absolute Gasteiger partial charge is 0.0721 e. The fraction of sp³-hybridized carbons (Fsp3) is 1.00. The van der Waals surface area contributed by atoms with Gasteiger partial charge in [0.2, 0.25) is 0 Å². The summed E-state index contributed by atoms with van der Waals surface area (Å²) in [5.74, 6) is 0.691. The molecular formula is C18H37NO. The van der Waals surface area contributed by atoms with Crippen molar-refractivity contribution in [1.29, 1.82) is 0 Å². The molecule has 2 nitrogen and oxygen atoms in total. The number of rotatable bonds is 8. The lowest BCUT2D eigenvalue weighted by Crippen LogP contribution is -2.53. The van der Waals surface area contributed by atoms with Crippen LogP contribution in [0, 0.1) is 5.92 Å². The zero-order valence-corrected chi connectivity index (χ0v) is 14.3. The molecule has 1 fully saturated rings. The summed E-state index contributed by atoms with van der Waals surface area (Å²) in [6.45, 7) is 11.3. The highest BCUT2D eigenvalue weighted by atomic mass is 16.3. The Hall–Kier alpha value is -0.0800. The molecule has 1 aliphatic rings. The van der Waals surface area contributed by atoms with E-state index in [-0.39, 0.29) is 11.6 Å². The van der Waals surface area contributed by atoms with Crippen LogP contribution in [0.5, 0.6) is 0 Å². The van der Waals surface area contributed by atoms with Gasteiger partial charge in [0.1, 0.15) is 0 Å². The van der Waals surface area contributed by atoms with Crippen LogP contribution in [0.1, 0.15) is 85.5 Å². The SMILES string of the molecule is CCCCC(CC)CC(O)C(C)(C)N1CCCCCC1. The summed E-state index contributed by atoms with van der Waals surface area (Å²) in [6, 6.07) is 0. The zero-order chi connectivity index (χ0) is 15.0. The van der Waals surface area contributed by atoms with Gasteiger partial charge >= 0.3 is 0 Å². The van der Waals surface area contributed by atoms with Crippen LogP contribution in [0.25, 0.3) is 0 Å². The second-order valence-electron chi connectivity index (χ2n) is 7.22. The normalized spacial score (nSPS) is 21.4. The van der Waals surface area contributed by atoms with Crippen molar-refractivity contribution in [1.82, 2.24) is 4.90 Å². The minimum absolute atomic E-state index is 0.0655. The van der Waals surface area contributed by atoms with Crippen LogP contribution in [0.2, 0.25) is 0 Å². The van der Waals surface area contributed by atoms with Crippen LogP contribution in [0.3, 0.4) is 0 Å². The Morgan fingerprint density at radius 3 is 2.15 bits per heavy atom. The van der Waals surface area contributed by atoms with E-state index in [0.29, 0.717) is 5.92 Å². The van der Waals surface area contributed by atoms with E-state index < -0.39 is 0 Å². The van der Waals surface area contributed by atoms with E-state index in [1.807, 2.05) is 0 Å². The number of nitrogens with zero attached hydrogens (tertiary/aromatic N) is 1. The monoisotopic (exact) mass is 283 g/mol. The molecule has 1 aliphatic heterocycles. The molecule has 2 atom stereocenters. The first-order chi connectivity index (χ1) is 9.52. The molecule has 20 heavy (non-hydrogen) atoms. The number of hydrogen-bond acceptors (Lipinski definition) is 2. The van der Waals surface area contributed by atoms with Gasteiger partial charge in [0.15, 0.2) is 0 Å². The summed E-state index contributed by atoms with van der Waals surface area (Å²) < 4.78 is 0. The van der Waals surface area contributed by atoms with Crippen molar-refractivity contribution in [3.8, 4) is 0 Å². The number of aliphatic hydroxyl groups is 1. The van der Waals surface area contributed by atoms with Crippen LogP contribution in [0.4, 0.5) is 0 Å². The Morgan fingerprint density at radius 1 is 1.05 bits per heavy atom. The van der Waals surface area contributed by atoms with Gasteiger partial charge in [-0.05, 0) is 52.1 Å². The first-order valence-corrected chi connectivity index (χ1v) is 8.95. The molecule has 0 aromatic rings. The maximum Gasteiger partial charge on any atom is 0.0721 e. The Bertz CT molecular complexity index is 244. The quantitative estimate of drug-likeness (QED) is 0.703. The van der Waals surface area contributed by atoms with Gasteiger partial charge in [0.05, 0.1) is 6.10 Å². The lowest BCUT2D eigenvalue weighted by molar-refractivity contribution is -0.0220. The Morgan fingerprint density at radius 2 is 1.65 bits per heavy atom. The second kappa shape index (κ2) is 9.04. The van der Waals surface area contributed by atoms with Crippen molar-refractivity contribution in [2.45, 2.75) is 97.1 Å². The van der Waals surface area contributed by atoms with E-state index in [4.69, 9.17) is 0 Å². The highest BCUT2D eigenvalue weighted by molar-refractivity contribution is 4.90. The summed E-state index contributed by atoms with van der Waals surface area (Å²) in [6.07, 6.45) is 11.1. The largest absolute Gasteiger partial charge is 0.391 e. The molecule has 0 aliphatic carbocycles. The van der Waals surface area contributed by atoms with Gasteiger partial charge in [-0.3, -0.25) is 4.90 Å². The molecule has 2 heteroatoms. The molecule has 1 rings (SSSR count). The topological polar surface area (TPSA) is 23.5 Å². The van der Waals surface area contributed by atoms with Crippen LogP contribution < -0.4 is 0 Å².